The van der Waals surface area contributed by atoms with E-state index in [4.69, 9.17) is 25.8 Å². The molecule has 0 amide bonds. The summed E-state index contributed by atoms with van der Waals surface area (Å²) in [6, 6.07) is 5.92. The van der Waals surface area contributed by atoms with Gasteiger partial charge in [0.1, 0.15) is 11.5 Å². The number of halogens is 4. The lowest BCUT2D eigenvalue weighted by atomic mass is 10.2. The maximum Gasteiger partial charge on any atom is 0.416 e. The van der Waals surface area contributed by atoms with E-state index in [1.807, 2.05) is 0 Å². The Morgan fingerprint density at radius 3 is 2.45 bits per heavy atom. The Morgan fingerprint density at radius 2 is 1.90 bits per heavy atom. The summed E-state index contributed by atoms with van der Waals surface area (Å²) in [6.07, 6.45) is -5.71. The number of carbonyl (C=O) groups is 1. The number of esters is 1. The van der Waals surface area contributed by atoms with E-state index in [0.717, 1.165) is 24.3 Å². The van der Waals surface area contributed by atoms with E-state index in [2.05, 4.69) is 0 Å². The van der Waals surface area contributed by atoms with Crippen LogP contribution in [0, 0.1) is 10.1 Å². The van der Waals surface area contributed by atoms with Gasteiger partial charge in [0.2, 0.25) is 5.75 Å². The summed E-state index contributed by atoms with van der Waals surface area (Å²) in [5, 5.41) is 10.9. The van der Waals surface area contributed by atoms with Gasteiger partial charge in [-0.3, -0.25) is 10.1 Å². The smallest absolute Gasteiger partial charge is 0.416 e. The number of hydrogen-bond acceptors (Lipinski definition) is 6. The standard InChI is InChI=1S/C18H15ClF3NO6/c1-3-27-17(24)10(2)28-16-9-12(5-6-14(16)23(25)26)29-15-7-4-11(8-13(15)19)18(20,21)22/h4-10H,3H2,1-2H3/t10-/m1/s1. The molecule has 0 aliphatic heterocycles. The summed E-state index contributed by atoms with van der Waals surface area (Å²) in [6.45, 7) is 3.04. The Morgan fingerprint density at radius 1 is 1.21 bits per heavy atom. The largest absolute Gasteiger partial charge is 0.472 e. The van der Waals surface area contributed by atoms with Crippen molar-refractivity contribution in [2.45, 2.75) is 26.1 Å². The molecule has 7 nitrogen and oxygen atoms in total. The molecule has 2 aromatic rings. The molecule has 2 rings (SSSR count). The third kappa shape index (κ3) is 5.74. The molecule has 2 aromatic carbocycles. The van der Waals surface area contributed by atoms with Crippen molar-refractivity contribution < 1.29 is 37.1 Å². The summed E-state index contributed by atoms with van der Waals surface area (Å²) < 4.78 is 53.7. The maximum absolute atomic E-state index is 12.7. The van der Waals surface area contributed by atoms with Gasteiger partial charge in [-0.1, -0.05) is 11.6 Å². The maximum atomic E-state index is 12.7. The third-order valence-corrected chi connectivity index (χ3v) is 3.83. The van der Waals surface area contributed by atoms with Gasteiger partial charge in [0, 0.05) is 12.1 Å². The molecule has 0 N–H and O–H groups in total. The van der Waals surface area contributed by atoms with Crippen molar-refractivity contribution in [3.05, 3.63) is 57.1 Å². The molecule has 29 heavy (non-hydrogen) atoms. The highest BCUT2D eigenvalue weighted by molar-refractivity contribution is 6.32. The molecule has 0 fully saturated rings. The van der Waals surface area contributed by atoms with Gasteiger partial charge in [-0.15, -0.1) is 0 Å². The zero-order chi connectivity index (χ0) is 21.8. The molecule has 0 aliphatic carbocycles. The van der Waals surface area contributed by atoms with E-state index in [0.29, 0.717) is 6.07 Å². The molecule has 0 saturated carbocycles. The molecule has 11 heteroatoms. The molecular weight excluding hydrogens is 419 g/mol. The molecule has 0 aromatic heterocycles. The first-order valence-corrected chi connectivity index (χ1v) is 8.57. The third-order valence-electron chi connectivity index (χ3n) is 3.54. The van der Waals surface area contributed by atoms with Gasteiger partial charge in [-0.2, -0.15) is 13.2 Å². The summed E-state index contributed by atoms with van der Waals surface area (Å²) in [4.78, 5) is 22.2. The van der Waals surface area contributed by atoms with E-state index < -0.39 is 34.4 Å². The lowest BCUT2D eigenvalue weighted by Gasteiger charge is -2.15. The van der Waals surface area contributed by atoms with Gasteiger partial charge in [0.25, 0.3) is 0 Å². The summed E-state index contributed by atoms with van der Waals surface area (Å²) in [7, 11) is 0. The highest BCUT2D eigenvalue weighted by atomic mass is 35.5. The molecule has 0 radical (unpaired) electrons. The van der Waals surface area contributed by atoms with Gasteiger partial charge in [-0.25, -0.2) is 4.79 Å². The topological polar surface area (TPSA) is 87.9 Å². The summed E-state index contributed by atoms with van der Waals surface area (Å²) in [5.41, 5.74) is -1.39. The number of carbonyl (C=O) groups excluding carboxylic acids is 1. The van der Waals surface area contributed by atoms with Crippen molar-refractivity contribution in [2.24, 2.45) is 0 Å². The second-order valence-electron chi connectivity index (χ2n) is 5.64. The zero-order valence-electron chi connectivity index (χ0n) is 15.2. The quantitative estimate of drug-likeness (QED) is 0.330. The van der Waals surface area contributed by atoms with Crippen LogP contribution in [0.4, 0.5) is 18.9 Å². The minimum absolute atomic E-state index is 0.00307. The fourth-order valence-corrected chi connectivity index (χ4v) is 2.41. The van der Waals surface area contributed by atoms with E-state index in [1.54, 1.807) is 6.92 Å². The molecule has 0 unspecified atom stereocenters. The Labute approximate surface area is 168 Å². The van der Waals surface area contributed by atoms with E-state index in [-0.39, 0.29) is 28.9 Å². The molecule has 0 saturated heterocycles. The van der Waals surface area contributed by atoms with Gasteiger partial charge >= 0.3 is 17.8 Å². The van der Waals surface area contributed by atoms with Crippen LogP contribution in [0.25, 0.3) is 0 Å². The van der Waals surface area contributed by atoms with E-state index >= 15 is 0 Å². The number of nitro benzene ring substituents is 1. The second kappa shape index (κ2) is 8.99. The Kier molecular flexibility index (Phi) is 6.91. The summed E-state index contributed by atoms with van der Waals surface area (Å²) >= 11 is 5.84. The Hall–Kier alpha value is -3.01. The normalized spacial score (nSPS) is 12.2. The van der Waals surface area contributed by atoms with Gasteiger partial charge in [0.05, 0.1) is 22.1 Å². The average Bonchev–Trinajstić information content (AvgIpc) is 2.62. The van der Waals surface area contributed by atoms with Crippen LogP contribution in [-0.2, 0) is 15.7 Å². The van der Waals surface area contributed by atoms with Crippen molar-refractivity contribution in [3.8, 4) is 17.2 Å². The molecular formula is C18H15ClF3NO6. The van der Waals surface area contributed by atoms with Crippen molar-refractivity contribution in [2.75, 3.05) is 6.61 Å². The number of hydrogen-bond donors (Lipinski definition) is 0. The number of alkyl halides is 3. The molecule has 1 atom stereocenters. The van der Waals surface area contributed by atoms with Crippen LogP contribution in [0.3, 0.4) is 0 Å². The SMILES string of the molecule is CCOC(=O)[C@@H](C)Oc1cc(Oc2ccc(C(F)(F)F)cc2Cl)ccc1[N+](=O)[O-]. The lowest BCUT2D eigenvalue weighted by molar-refractivity contribution is -0.386. The number of benzene rings is 2. The monoisotopic (exact) mass is 433 g/mol. The average molecular weight is 434 g/mol. The highest BCUT2D eigenvalue weighted by Crippen LogP contribution is 2.38. The highest BCUT2D eigenvalue weighted by Gasteiger charge is 2.31. The van der Waals surface area contributed by atoms with Crippen LogP contribution in [0.2, 0.25) is 5.02 Å². The van der Waals surface area contributed by atoms with Crippen molar-refractivity contribution in [1.82, 2.24) is 0 Å². The molecule has 0 heterocycles. The van der Waals surface area contributed by atoms with Gasteiger partial charge in [-0.05, 0) is 38.1 Å². The number of nitrogens with zero attached hydrogens (tertiary/aromatic N) is 1. The van der Waals surface area contributed by atoms with Crippen LogP contribution in [0.1, 0.15) is 19.4 Å². The van der Waals surface area contributed by atoms with Gasteiger partial charge < -0.3 is 14.2 Å². The zero-order valence-corrected chi connectivity index (χ0v) is 15.9. The molecule has 0 bridgehead atoms. The van der Waals surface area contributed by atoms with Crippen LogP contribution in [-0.4, -0.2) is 23.6 Å². The number of nitro groups is 1. The van der Waals surface area contributed by atoms with Crippen LogP contribution in [0.5, 0.6) is 17.2 Å². The first kappa shape index (κ1) is 22.3. The van der Waals surface area contributed by atoms with E-state index in [9.17, 15) is 28.1 Å². The Bertz CT molecular complexity index is 919. The lowest BCUT2D eigenvalue weighted by Crippen LogP contribution is -2.26. The van der Waals surface area contributed by atoms with Crippen LogP contribution < -0.4 is 9.47 Å². The fourth-order valence-electron chi connectivity index (χ4n) is 2.19. The van der Waals surface area contributed by atoms with Crippen molar-refractivity contribution >= 4 is 23.3 Å². The molecule has 0 spiro atoms. The minimum Gasteiger partial charge on any atom is -0.472 e. The minimum atomic E-state index is -4.57. The summed E-state index contributed by atoms with van der Waals surface area (Å²) in [5.74, 6) is -1.10. The number of rotatable bonds is 7. The predicted octanol–water partition coefficient (Wildman–Crippen LogP) is 5.39. The second-order valence-corrected chi connectivity index (χ2v) is 6.05. The van der Waals surface area contributed by atoms with Crippen LogP contribution in [0.15, 0.2) is 36.4 Å². The van der Waals surface area contributed by atoms with E-state index in [1.165, 1.54) is 13.0 Å². The number of ether oxygens (including phenoxy) is 3. The molecule has 156 valence electrons. The van der Waals surface area contributed by atoms with Gasteiger partial charge in [0.15, 0.2) is 6.10 Å². The molecule has 0 aliphatic rings. The fraction of sp³-hybridized carbons (Fsp3) is 0.278. The van der Waals surface area contributed by atoms with Crippen molar-refractivity contribution in [3.63, 3.8) is 0 Å². The first-order valence-electron chi connectivity index (χ1n) is 8.19. The predicted molar refractivity (Wildman–Crippen MR) is 96.3 cm³/mol. The first-order chi connectivity index (χ1) is 13.5. The van der Waals surface area contributed by atoms with Crippen LogP contribution >= 0.6 is 11.6 Å². The van der Waals surface area contributed by atoms with Crippen molar-refractivity contribution in [1.29, 1.82) is 0 Å². The Balaban J connectivity index is 2.31.